The number of nitrogens with zero attached hydrogens (tertiary/aromatic N) is 2. The molecule has 1 fully saturated rings. The van der Waals surface area contributed by atoms with Crippen LogP contribution in [0, 0.1) is 31.8 Å². The number of nitrogens with one attached hydrogen (secondary N) is 1. The van der Waals surface area contributed by atoms with Gasteiger partial charge < -0.3 is 29.0 Å². The number of nitro groups is 1. The van der Waals surface area contributed by atoms with Gasteiger partial charge in [-0.3, -0.25) is 43.8 Å². The maximum atomic E-state index is 14.2. The van der Waals surface area contributed by atoms with Crippen molar-refractivity contribution in [2.75, 3.05) is 6.61 Å². The summed E-state index contributed by atoms with van der Waals surface area (Å²) in [6.45, 7) is 23.5. The van der Waals surface area contributed by atoms with Crippen LogP contribution in [-0.4, -0.2) is 88.8 Å². The molecule has 1 aliphatic rings. The van der Waals surface area contributed by atoms with Crippen LogP contribution in [0.5, 0.6) is 0 Å². The van der Waals surface area contributed by atoms with Gasteiger partial charge in [-0.15, -0.1) is 0 Å². The predicted molar refractivity (Wildman–Crippen MR) is 199 cm³/mol. The third-order valence-electron chi connectivity index (χ3n) is 8.05. The zero-order chi connectivity index (χ0) is 42.6. The fraction of sp³-hybridized carbons (Fsp3) is 0.692. The smallest absolute Gasteiger partial charge is 0.311 e. The topological polar surface area (TPSA) is 207 Å². The number of esters is 4. The first-order valence-corrected chi connectivity index (χ1v) is 18.0. The van der Waals surface area contributed by atoms with E-state index in [-0.39, 0.29) is 17.7 Å². The average molecular weight is 778 g/mol. The summed E-state index contributed by atoms with van der Waals surface area (Å²) in [4.78, 5) is 93.4. The molecule has 2 amide bonds. The van der Waals surface area contributed by atoms with Crippen LogP contribution in [0.1, 0.15) is 115 Å². The minimum absolute atomic E-state index is 0.101. The summed E-state index contributed by atoms with van der Waals surface area (Å²) >= 11 is 0. The second kappa shape index (κ2) is 17.0. The monoisotopic (exact) mass is 777 g/mol. The van der Waals surface area contributed by atoms with Crippen LogP contribution in [-0.2, 0) is 52.5 Å². The van der Waals surface area contributed by atoms with Crippen molar-refractivity contribution in [2.24, 2.45) is 21.7 Å². The zero-order valence-corrected chi connectivity index (χ0v) is 34.8. The maximum Gasteiger partial charge on any atom is 0.311 e. The Bertz CT molecular complexity index is 1590. The molecule has 0 aliphatic carbocycles. The zero-order valence-electron chi connectivity index (χ0n) is 34.8. The number of hydrogen-bond donors (Lipinski definition) is 1. The Hall–Kier alpha value is -4.60. The summed E-state index contributed by atoms with van der Waals surface area (Å²) in [7, 11) is 0. The Morgan fingerprint density at radius 1 is 0.727 bits per heavy atom. The van der Waals surface area contributed by atoms with Gasteiger partial charge in [0.05, 0.1) is 26.6 Å². The average Bonchev–Trinajstić information content (AvgIpc) is 3.01. The molecule has 16 heteroatoms. The molecule has 0 bridgehead atoms. The molecule has 3 unspecified atom stereocenters. The highest BCUT2D eigenvalue weighted by Gasteiger charge is 2.57. The largest absolute Gasteiger partial charge is 0.462 e. The Labute approximate surface area is 323 Å². The van der Waals surface area contributed by atoms with E-state index < -0.39 is 105 Å². The molecule has 0 aromatic heterocycles. The highest BCUT2D eigenvalue weighted by Crippen LogP contribution is 2.38. The summed E-state index contributed by atoms with van der Waals surface area (Å²) in [6, 6.07) is 3.28. The number of carbonyl (C=O) groups excluding carboxylic acids is 6. The van der Waals surface area contributed by atoms with Gasteiger partial charge in [0, 0.05) is 17.7 Å². The van der Waals surface area contributed by atoms with Gasteiger partial charge in [0.2, 0.25) is 12.3 Å². The number of benzene rings is 1. The maximum absolute atomic E-state index is 14.2. The summed E-state index contributed by atoms with van der Waals surface area (Å²) in [5.41, 5.74) is -5.47. The first-order valence-electron chi connectivity index (χ1n) is 18.0. The summed E-state index contributed by atoms with van der Waals surface area (Å²) in [6.07, 6.45) is -8.05. The molecule has 1 aromatic rings. The fourth-order valence-electron chi connectivity index (χ4n) is 4.89. The first-order chi connectivity index (χ1) is 24.8. The van der Waals surface area contributed by atoms with Gasteiger partial charge in [0.15, 0.2) is 24.5 Å². The lowest BCUT2D eigenvalue weighted by Crippen LogP contribution is -2.68. The van der Waals surface area contributed by atoms with E-state index in [1.54, 1.807) is 104 Å². The van der Waals surface area contributed by atoms with Gasteiger partial charge in [0.1, 0.15) is 18.8 Å². The normalized spacial score (nSPS) is 21.3. The summed E-state index contributed by atoms with van der Waals surface area (Å²) in [5.74, 6) is -3.84. The molecule has 0 saturated carbocycles. The van der Waals surface area contributed by atoms with Gasteiger partial charge in [-0.05, 0) is 122 Å². The van der Waals surface area contributed by atoms with E-state index in [9.17, 15) is 38.9 Å². The van der Waals surface area contributed by atoms with Gasteiger partial charge >= 0.3 is 23.9 Å². The molecule has 16 nitrogen and oxygen atoms in total. The van der Waals surface area contributed by atoms with E-state index >= 15 is 0 Å². The van der Waals surface area contributed by atoms with Gasteiger partial charge in [-0.25, -0.2) is 0 Å². The number of carbonyl (C=O) groups is 6. The van der Waals surface area contributed by atoms with Crippen LogP contribution in [0.15, 0.2) is 24.3 Å². The molecule has 1 aliphatic heterocycles. The van der Waals surface area contributed by atoms with Crippen LogP contribution in [0.3, 0.4) is 0 Å². The van der Waals surface area contributed by atoms with Crippen molar-refractivity contribution in [1.29, 1.82) is 0 Å². The molecule has 1 aromatic carbocycles. The summed E-state index contributed by atoms with van der Waals surface area (Å²) < 4.78 is 30.2. The molecule has 0 radical (unpaired) electrons. The number of nitro benzene ring substituents is 1. The number of hydrogen-bond acceptors (Lipinski definition) is 13. The van der Waals surface area contributed by atoms with E-state index in [1.165, 1.54) is 12.1 Å². The molecular formula is C39H59N3O13. The van der Waals surface area contributed by atoms with Crippen LogP contribution >= 0.6 is 0 Å². The van der Waals surface area contributed by atoms with Crippen LogP contribution < -0.4 is 5.32 Å². The highest BCUT2D eigenvalue weighted by atomic mass is 16.7. The highest BCUT2D eigenvalue weighted by molar-refractivity contribution is 5.86. The Morgan fingerprint density at radius 3 is 1.53 bits per heavy atom. The van der Waals surface area contributed by atoms with Gasteiger partial charge in [-0.2, -0.15) is 0 Å². The van der Waals surface area contributed by atoms with Crippen LogP contribution in [0.25, 0.3) is 0 Å². The second-order valence-electron chi connectivity index (χ2n) is 18.8. The van der Waals surface area contributed by atoms with E-state index in [0.29, 0.717) is 0 Å². The molecule has 308 valence electrons. The minimum Gasteiger partial charge on any atom is -0.462 e. The van der Waals surface area contributed by atoms with E-state index in [1.807, 2.05) is 0 Å². The van der Waals surface area contributed by atoms with Crippen molar-refractivity contribution in [3.63, 3.8) is 0 Å². The number of amides is 2. The molecule has 0 spiro atoms. The molecule has 1 heterocycles. The minimum atomic E-state index is -1.78. The number of non-ortho nitro benzene ring substituents is 1. The molecule has 2 rings (SSSR count). The molecule has 1 N–H and O–H groups in total. The standard InChI is InChI=1S/C39H59N3O13/c1-35(2,3)31(45)51-20-24-26(53-32(46)36(4,5)6)27(54-33(47)37(7,8)9)28(55-34(48)38(10,11)12)30(52-24)41(21-43)25(29(44)40-39(13,14)15)22-16-18-23(19-17-22)42(49)50/h16-19,21,24-28,30H,20H2,1-15H3,(H,40,44)/t24?,25-,26+,27?,28?,30-/m1/s1. The van der Waals surface area contributed by atoms with E-state index in [0.717, 1.165) is 17.0 Å². The van der Waals surface area contributed by atoms with Gasteiger partial charge in [-0.1, -0.05) is 0 Å². The third-order valence-corrected chi connectivity index (χ3v) is 8.05. The predicted octanol–water partition coefficient (Wildman–Crippen LogP) is 5.20. The Balaban J connectivity index is 3.04. The van der Waals surface area contributed by atoms with E-state index in [4.69, 9.17) is 23.7 Å². The lowest BCUT2D eigenvalue weighted by atomic mass is 9.91. The quantitative estimate of drug-likeness (QED) is 0.101. The van der Waals surface area contributed by atoms with Crippen molar-refractivity contribution in [2.45, 2.75) is 146 Å². The molecule has 6 atom stereocenters. The SMILES string of the molecule is CC(C)(C)NC(=O)[C@@H](c1ccc([N+](=O)[O-])cc1)N(C=O)[C@@H]1OC(COC(=O)C(C)(C)C)[C@H](OC(=O)C(C)(C)C)C(OC(=O)C(C)(C)C)C1OC(=O)C(C)(C)C. The van der Waals surface area contributed by atoms with Crippen LogP contribution in [0.4, 0.5) is 5.69 Å². The van der Waals surface area contributed by atoms with Crippen molar-refractivity contribution in [1.82, 2.24) is 10.2 Å². The first kappa shape index (κ1) is 46.6. The Morgan fingerprint density at radius 2 is 1.15 bits per heavy atom. The molecule has 55 heavy (non-hydrogen) atoms. The Kier molecular flexibility index (Phi) is 14.4. The van der Waals surface area contributed by atoms with Crippen molar-refractivity contribution < 1.29 is 57.4 Å². The van der Waals surface area contributed by atoms with Crippen molar-refractivity contribution >= 4 is 41.9 Å². The van der Waals surface area contributed by atoms with Crippen LogP contribution in [0.2, 0.25) is 0 Å². The lowest BCUT2D eigenvalue weighted by molar-refractivity contribution is -0.384. The lowest BCUT2D eigenvalue weighted by Gasteiger charge is -2.49. The van der Waals surface area contributed by atoms with Gasteiger partial charge in [0.25, 0.3) is 5.69 Å². The van der Waals surface area contributed by atoms with Crippen molar-refractivity contribution in [3.05, 3.63) is 39.9 Å². The fourth-order valence-corrected chi connectivity index (χ4v) is 4.89. The van der Waals surface area contributed by atoms with Crippen molar-refractivity contribution in [3.8, 4) is 0 Å². The second-order valence-corrected chi connectivity index (χ2v) is 18.8. The summed E-state index contributed by atoms with van der Waals surface area (Å²) in [5, 5.41) is 14.3. The number of rotatable bonds is 11. The molecular weight excluding hydrogens is 718 g/mol. The number of ether oxygens (including phenoxy) is 5. The third kappa shape index (κ3) is 12.7. The molecule has 1 saturated heterocycles. The van der Waals surface area contributed by atoms with E-state index in [2.05, 4.69) is 5.32 Å².